The van der Waals surface area contributed by atoms with Crippen molar-refractivity contribution in [2.24, 2.45) is 0 Å². The van der Waals surface area contributed by atoms with E-state index in [4.69, 9.17) is 4.74 Å². The molecule has 21 heavy (non-hydrogen) atoms. The number of anilines is 1. The van der Waals surface area contributed by atoms with E-state index >= 15 is 0 Å². The number of phenolic OH excluding ortho intramolecular Hbond substituents is 1. The summed E-state index contributed by atoms with van der Waals surface area (Å²) in [6.07, 6.45) is 0.946. The van der Waals surface area contributed by atoms with E-state index in [0.717, 1.165) is 30.0 Å². The van der Waals surface area contributed by atoms with Gasteiger partial charge in [-0.05, 0) is 49.6 Å². The molecule has 0 aliphatic carbocycles. The highest BCUT2D eigenvalue weighted by molar-refractivity contribution is 5.51. The minimum atomic E-state index is -0.100. The van der Waals surface area contributed by atoms with E-state index in [2.05, 4.69) is 31.3 Å². The van der Waals surface area contributed by atoms with Gasteiger partial charge in [0.05, 0.1) is 0 Å². The molecular formula is C18H21NO2. The maximum absolute atomic E-state index is 9.73. The summed E-state index contributed by atoms with van der Waals surface area (Å²) < 4.78 is 5.89. The van der Waals surface area contributed by atoms with Crippen LogP contribution in [0.25, 0.3) is 0 Å². The molecule has 0 spiro atoms. The van der Waals surface area contributed by atoms with Gasteiger partial charge in [-0.15, -0.1) is 0 Å². The zero-order valence-electron chi connectivity index (χ0n) is 12.7. The fraction of sp³-hybridized carbons (Fsp3) is 0.333. The first-order valence-electron chi connectivity index (χ1n) is 7.27. The number of ether oxygens (including phenoxy) is 1. The van der Waals surface area contributed by atoms with Crippen molar-refractivity contribution in [1.29, 1.82) is 0 Å². The summed E-state index contributed by atoms with van der Waals surface area (Å²) in [5.41, 5.74) is 4.20. The van der Waals surface area contributed by atoms with Gasteiger partial charge in [-0.25, -0.2) is 0 Å². The Hall–Kier alpha value is -2.16. The van der Waals surface area contributed by atoms with Crippen molar-refractivity contribution in [2.45, 2.75) is 39.3 Å². The molecule has 2 aromatic carbocycles. The summed E-state index contributed by atoms with van der Waals surface area (Å²) in [4.78, 5) is 0. The Balaban J connectivity index is 1.71. The molecule has 3 nitrogen and oxygen atoms in total. The summed E-state index contributed by atoms with van der Waals surface area (Å²) in [5.74, 6) is 1.32. The second kappa shape index (κ2) is 4.99. The maximum Gasteiger partial charge on any atom is 0.123 e. The number of hydrogen-bond donors (Lipinski definition) is 2. The molecule has 0 fully saturated rings. The van der Waals surface area contributed by atoms with Crippen LogP contribution in [-0.4, -0.2) is 10.7 Å². The van der Waals surface area contributed by atoms with Crippen LogP contribution in [0.1, 0.15) is 30.5 Å². The van der Waals surface area contributed by atoms with E-state index in [9.17, 15) is 5.11 Å². The molecule has 0 saturated carbocycles. The van der Waals surface area contributed by atoms with Gasteiger partial charge in [0.25, 0.3) is 0 Å². The van der Waals surface area contributed by atoms with Crippen LogP contribution in [0.5, 0.6) is 11.5 Å². The summed E-state index contributed by atoms with van der Waals surface area (Å²) in [7, 11) is 0. The van der Waals surface area contributed by atoms with Crippen molar-refractivity contribution in [3.63, 3.8) is 0 Å². The average Bonchev–Trinajstić information content (AvgIpc) is 2.73. The number of nitrogens with one attached hydrogen (secondary N) is 1. The predicted octanol–water partition coefficient (Wildman–Crippen LogP) is 4.03. The lowest BCUT2D eigenvalue weighted by molar-refractivity contribution is 0.138. The molecule has 1 aliphatic rings. The van der Waals surface area contributed by atoms with E-state index in [-0.39, 0.29) is 5.60 Å². The van der Waals surface area contributed by atoms with Crippen molar-refractivity contribution in [3.05, 3.63) is 53.1 Å². The molecule has 0 amide bonds. The molecule has 2 N–H and O–H groups in total. The van der Waals surface area contributed by atoms with E-state index in [0.29, 0.717) is 5.75 Å². The van der Waals surface area contributed by atoms with Crippen LogP contribution < -0.4 is 10.1 Å². The van der Waals surface area contributed by atoms with Crippen molar-refractivity contribution in [2.75, 3.05) is 5.32 Å². The highest BCUT2D eigenvalue weighted by Crippen LogP contribution is 2.35. The van der Waals surface area contributed by atoms with Crippen LogP contribution in [0.2, 0.25) is 0 Å². The molecule has 0 saturated heterocycles. The van der Waals surface area contributed by atoms with Gasteiger partial charge in [0.15, 0.2) is 0 Å². The van der Waals surface area contributed by atoms with Gasteiger partial charge < -0.3 is 15.2 Å². The van der Waals surface area contributed by atoms with Crippen LogP contribution in [0.3, 0.4) is 0 Å². The SMILES string of the molecule is Cc1ccc(NCc2ccc3c(c2)CC(C)(C)O3)cc1O. The largest absolute Gasteiger partial charge is 0.508 e. The Labute approximate surface area is 125 Å². The average molecular weight is 283 g/mol. The highest BCUT2D eigenvalue weighted by atomic mass is 16.5. The fourth-order valence-electron chi connectivity index (χ4n) is 2.70. The van der Waals surface area contributed by atoms with E-state index in [1.165, 1.54) is 11.1 Å². The Bertz CT molecular complexity index is 677. The third kappa shape index (κ3) is 2.97. The number of rotatable bonds is 3. The van der Waals surface area contributed by atoms with Crippen LogP contribution >= 0.6 is 0 Å². The quantitative estimate of drug-likeness (QED) is 0.893. The first kappa shape index (κ1) is 13.8. The Morgan fingerprint density at radius 2 is 2.00 bits per heavy atom. The lowest BCUT2D eigenvalue weighted by Gasteiger charge is -2.16. The van der Waals surface area contributed by atoms with Crippen LogP contribution in [0, 0.1) is 6.92 Å². The Kier molecular flexibility index (Phi) is 3.28. The molecule has 1 aliphatic heterocycles. The third-order valence-corrected chi connectivity index (χ3v) is 3.83. The fourth-order valence-corrected chi connectivity index (χ4v) is 2.70. The van der Waals surface area contributed by atoms with Gasteiger partial charge in [-0.3, -0.25) is 0 Å². The first-order chi connectivity index (χ1) is 9.93. The Morgan fingerprint density at radius 1 is 1.19 bits per heavy atom. The van der Waals surface area contributed by atoms with Gasteiger partial charge in [0.2, 0.25) is 0 Å². The minimum absolute atomic E-state index is 0.100. The third-order valence-electron chi connectivity index (χ3n) is 3.83. The first-order valence-corrected chi connectivity index (χ1v) is 7.27. The number of hydrogen-bond acceptors (Lipinski definition) is 3. The summed E-state index contributed by atoms with van der Waals surface area (Å²) in [6, 6.07) is 12.0. The molecule has 0 aromatic heterocycles. The monoisotopic (exact) mass is 283 g/mol. The number of benzene rings is 2. The van der Waals surface area contributed by atoms with Gasteiger partial charge in [0, 0.05) is 24.7 Å². The zero-order valence-corrected chi connectivity index (χ0v) is 12.7. The summed E-state index contributed by atoms with van der Waals surface area (Å²) in [6.45, 7) is 6.84. The smallest absolute Gasteiger partial charge is 0.123 e. The molecule has 0 unspecified atom stereocenters. The summed E-state index contributed by atoms with van der Waals surface area (Å²) >= 11 is 0. The van der Waals surface area contributed by atoms with Crippen LogP contribution in [0.15, 0.2) is 36.4 Å². The second-order valence-corrected chi connectivity index (χ2v) is 6.34. The Morgan fingerprint density at radius 3 is 2.76 bits per heavy atom. The lowest BCUT2D eigenvalue weighted by atomic mass is 10.0. The molecule has 2 aromatic rings. The van der Waals surface area contributed by atoms with E-state index < -0.39 is 0 Å². The van der Waals surface area contributed by atoms with E-state index in [1.54, 1.807) is 6.07 Å². The van der Waals surface area contributed by atoms with E-state index in [1.807, 2.05) is 25.1 Å². The standard InChI is InChI=1S/C18H21NO2/c1-12-4-6-15(9-16(12)20)19-11-13-5-7-17-14(8-13)10-18(2,3)21-17/h4-9,19-20H,10-11H2,1-3H3. The molecule has 3 rings (SSSR count). The normalized spacial score (nSPS) is 15.4. The van der Waals surface area contributed by atoms with Crippen LogP contribution in [-0.2, 0) is 13.0 Å². The maximum atomic E-state index is 9.73. The molecule has 0 bridgehead atoms. The van der Waals surface area contributed by atoms with Gasteiger partial charge >= 0.3 is 0 Å². The van der Waals surface area contributed by atoms with Crippen molar-refractivity contribution in [3.8, 4) is 11.5 Å². The van der Waals surface area contributed by atoms with Crippen molar-refractivity contribution >= 4 is 5.69 Å². The van der Waals surface area contributed by atoms with Crippen molar-refractivity contribution in [1.82, 2.24) is 0 Å². The minimum Gasteiger partial charge on any atom is -0.508 e. The molecule has 1 heterocycles. The topological polar surface area (TPSA) is 41.5 Å². The van der Waals surface area contributed by atoms with Gasteiger partial charge in [-0.1, -0.05) is 18.2 Å². The molecule has 110 valence electrons. The molecule has 3 heteroatoms. The predicted molar refractivity (Wildman–Crippen MR) is 85.0 cm³/mol. The van der Waals surface area contributed by atoms with Crippen molar-refractivity contribution < 1.29 is 9.84 Å². The van der Waals surface area contributed by atoms with Gasteiger partial charge in [-0.2, -0.15) is 0 Å². The number of fused-ring (bicyclic) bond motifs is 1. The number of aromatic hydroxyl groups is 1. The second-order valence-electron chi connectivity index (χ2n) is 6.34. The molecule has 0 atom stereocenters. The van der Waals surface area contributed by atoms with Gasteiger partial charge in [0.1, 0.15) is 17.1 Å². The molecular weight excluding hydrogens is 262 g/mol. The highest BCUT2D eigenvalue weighted by Gasteiger charge is 2.29. The zero-order chi connectivity index (χ0) is 15.0. The molecule has 0 radical (unpaired) electrons. The lowest BCUT2D eigenvalue weighted by Crippen LogP contribution is -2.24. The number of aryl methyl sites for hydroxylation is 1. The van der Waals surface area contributed by atoms with Crippen LogP contribution in [0.4, 0.5) is 5.69 Å². The summed E-state index contributed by atoms with van der Waals surface area (Å²) in [5, 5.41) is 13.1. The number of phenols is 1.